The number of rotatable bonds is 6. The first-order chi connectivity index (χ1) is 13.1. The number of nitrogens with one attached hydrogen (secondary N) is 1. The lowest BCUT2D eigenvalue weighted by Crippen LogP contribution is -2.60. The largest absolute Gasteiger partial charge is 0.482 e. The topological polar surface area (TPSA) is 74.6 Å². The highest BCUT2D eigenvalue weighted by Crippen LogP contribution is 2.34. The Bertz CT molecular complexity index is 692. The summed E-state index contributed by atoms with van der Waals surface area (Å²) in [5.41, 5.74) is 0.491. The molecule has 0 aromatic heterocycles. The molecule has 3 rings (SSSR count). The van der Waals surface area contributed by atoms with Crippen LogP contribution in [0.2, 0.25) is 5.02 Å². The molecule has 6 nitrogen and oxygen atoms in total. The summed E-state index contributed by atoms with van der Waals surface area (Å²) < 4.78 is 11.0. The van der Waals surface area contributed by atoms with Gasteiger partial charge >= 0.3 is 0 Å². The van der Waals surface area contributed by atoms with Crippen LogP contribution >= 0.6 is 11.6 Å². The Morgan fingerprint density at radius 3 is 2.70 bits per heavy atom. The summed E-state index contributed by atoms with van der Waals surface area (Å²) >= 11 is 6.09. The molecule has 1 aliphatic carbocycles. The van der Waals surface area contributed by atoms with Crippen LogP contribution in [0.25, 0.3) is 0 Å². The van der Waals surface area contributed by atoms with Crippen molar-refractivity contribution >= 4 is 17.5 Å². The monoisotopic (exact) mass is 391 g/mol. The molecule has 7 heteroatoms. The molecule has 146 valence electrons. The predicted molar refractivity (Wildman–Crippen MR) is 103 cm³/mol. The third-order valence-electron chi connectivity index (χ3n) is 5.50. The maximum Gasteiger partial charge on any atom is 0.258 e. The first kappa shape index (κ1) is 19.9. The zero-order chi connectivity index (χ0) is 19.1. The van der Waals surface area contributed by atoms with Crippen LogP contribution in [0.3, 0.4) is 0 Å². The van der Waals surface area contributed by atoms with E-state index in [1.54, 1.807) is 12.1 Å². The highest BCUT2D eigenvalue weighted by molar-refractivity contribution is 6.32. The summed E-state index contributed by atoms with van der Waals surface area (Å²) in [5.74, 6) is 0.250. The Labute approximate surface area is 165 Å². The number of halogens is 1. The Morgan fingerprint density at radius 2 is 2.04 bits per heavy atom. The number of nitrogens with zero attached hydrogens (tertiary/aromatic N) is 2. The lowest BCUT2D eigenvalue weighted by atomic mass is 9.79. The summed E-state index contributed by atoms with van der Waals surface area (Å²) in [6.07, 6.45) is 5.88. The number of morpholine rings is 1. The summed E-state index contributed by atoms with van der Waals surface area (Å²) in [4.78, 5) is 14.8. The van der Waals surface area contributed by atoms with E-state index in [1.165, 1.54) is 25.3 Å². The zero-order valence-electron chi connectivity index (χ0n) is 15.5. The van der Waals surface area contributed by atoms with E-state index < -0.39 is 0 Å². The molecule has 0 atom stereocenters. The quantitative estimate of drug-likeness (QED) is 0.807. The number of carbonyl (C=O) groups is 1. The van der Waals surface area contributed by atoms with Gasteiger partial charge in [-0.3, -0.25) is 9.69 Å². The first-order valence-corrected chi connectivity index (χ1v) is 9.93. The van der Waals surface area contributed by atoms with Crippen LogP contribution in [0, 0.1) is 11.3 Å². The lowest BCUT2D eigenvalue weighted by Gasteiger charge is -2.48. The van der Waals surface area contributed by atoms with Gasteiger partial charge in [0.25, 0.3) is 5.91 Å². The van der Waals surface area contributed by atoms with Gasteiger partial charge in [0.05, 0.1) is 29.9 Å². The van der Waals surface area contributed by atoms with E-state index in [-0.39, 0.29) is 18.1 Å². The molecule has 0 bridgehead atoms. The van der Waals surface area contributed by atoms with Crippen molar-refractivity contribution in [1.29, 1.82) is 5.26 Å². The number of nitriles is 1. The Morgan fingerprint density at radius 1 is 1.30 bits per heavy atom. The fraction of sp³-hybridized carbons (Fsp3) is 0.600. The van der Waals surface area contributed by atoms with Gasteiger partial charge in [-0.2, -0.15) is 5.26 Å². The van der Waals surface area contributed by atoms with E-state index in [2.05, 4.69) is 10.2 Å². The molecule has 27 heavy (non-hydrogen) atoms. The maximum absolute atomic E-state index is 12.3. The Hall–Kier alpha value is -1.81. The number of hydrogen-bond acceptors (Lipinski definition) is 5. The van der Waals surface area contributed by atoms with Crippen LogP contribution in [0.15, 0.2) is 18.2 Å². The number of benzene rings is 1. The SMILES string of the molecule is N#Cc1ccc(OCC(=O)NCC2(N3CCOCC3)CCCCC2)c(Cl)c1. The standard InChI is InChI=1S/C20H26ClN3O3/c21-17-12-16(13-22)4-5-18(17)27-14-19(25)23-15-20(6-2-1-3-7-20)24-8-10-26-11-9-24/h4-5,12H,1-3,6-11,14-15H2,(H,23,25). The first-order valence-electron chi connectivity index (χ1n) is 9.55. The van der Waals surface area contributed by atoms with Crippen LogP contribution in [-0.2, 0) is 9.53 Å². The molecule has 1 aliphatic heterocycles. The molecule has 1 N–H and O–H groups in total. The van der Waals surface area contributed by atoms with Gasteiger partial charge in [0, 0.05) is 25.2 Å². The van der Waals surface area contributed by atoms with Crippen molar-refractivity contribution < 1.29 is 14.3 Å². The summed E-state index contributed by atoms with van der Waals surface area (Å²) in [7, 11) is 0. The third-order valence-corrected chi connectivity index (χ3v) is 5.80. The molecule has 1 amide bonds. The van der Waals surface area contributed by atoms with Gasteiger partial charge in [-0.05, 0) is 31.0 Å². The lowest BCUT2D eigenvalue weighted by molar-refractivity contribution is -0.124. The average Bonchev–Trinajstić information content (AvgIpc) is 2.72. The minimum atomic E-state index is -0.159. The van der Waals surface area contributed by atoms with Gasteiger partial charge in [0.1, 0.15) is 5.75 Å². The maximum atomic E-state index is 12.3. The van der Waals surface area contributed by atoms with Crippen molar-refractivity contribution in [1.82, 2.24) is 10.2 Å². The molecule has 1 saturated carbocycles. The van der Waals surface area contributed by atoms with E-state index in [4.69, 9.17) is 26.3 Å². The summed E-state index contributed by atoms with van der Waals surface area (Å²) in [6, 6.07) is 6.79. The van der Waals surface area contributed by atoms with Crippen molar-refractivity contribution in [3.05, 3.63) is 28.8 Å². The highest BCUT2D eigenvalue weighted by Gasteiger charge is 2.38. The van der Waals surface area contributed by atoms with Gasteiger partial charge in [-0.25, -0.2) is 0 Å². The second kappa shape index (κ2) is 9.41. The molecule has 1 aromatic carbocycles. The fourth-order valence-electron chi connectivity index (χ4n) is 4.00. The fourth-order valence-corrected chi connectivity index (χ4v) is 4.23. The van der Waals surface area contributed by atoms with E-state index in [9.17, 15) is 4.79 Å². The molecule has 0 radical (unpaired) electrons. The van der Waals surface area contributed by atoms with E-state index >= 15 is 0 Å². The molecule has 2 fully saturated rings. The van der Waals surface area contributed by atoms with Gasteiger partial charge in [-0.15, -0.1) is 0 Å². The minimum absolute atomic E-state index is 0.0315. The van der Waals surface area contributed by atoms with Crippen molar-refractivity contribution in [3.8, 4) is 11.8 Å². The van der Waals surface area contributed by atoms with Crippen molar-refractivity contribution in [2.45, 2.75) is 37.6 Å². The van der Waals surface area contributed by atoms with Gasteiger partial charge in [-0.1, -0.05) is 30.9 Å². The van der Waals surface area contributed by atoms with Gasteiger partial charge < -0.3 is 14.8 Å². The Balaban J connectivity index is 1.54. The normalized spacial score (nSPS) is 19.9. The van der Waals surface area contributed by atoms with Crippen molar-refractivity contribution in [3.63, 3.8) is 0 Å². The second-order valence-corrected chi connectivity index (χ2v) is 7.61. The zero-order valence-corrected chi connectivity index (χ0v) is 16.3. The van der Waals surface area contributed by atoms with Gasteiger partial charge in [0.2, 0.25) is 0 Å². The molecular weight excluding hydrogens is 366 g/mol. The number of ether oxygens (including phenoxy) is 2. The third kappa shape index (κ3) is 5.13. The molecule has 0 unspecified atom stereocenters. The molecule has 1 aromatic rings. The highest BCUT2D eigenvalue weighted by atomic mass is 35.5. The Kier molecular flexibility index (Phi) is 6.95. The summed E-state index contributed by atoms with van der Waals surface area (Å²) in [6.45, 7) is 3.91. The van der Waals surface area contributed by atoms with E-state index in [1.807, 2.05) is 6.07 Å². The van der Waals surface area contributed by atoms with Crippen LogP contribution in [0.4, 0.5) is 0 Å². The average molecular weight is 392 g/mol. The van der Waals surface area contributed by atoms with Gasteiger partial charge in [0.15, 0.2) is 6.61 Å². The number of hydrogen-bond donors (Lipinski definition) is 1. The van der Waals surface area contributed by atoms with E-state index in [0.29, 0.717) is 22.9 Å². The van der Waals surface area contributed by atoms with Crippen molar-refractivity contribution in [2.75, 3.05) is 39.5 Å². The van der Waals surface area contributed by atoms with E-state index in [0.717, 1.165) is 39.1 Å². The van der Waals surface area contributed by atoms with Crippen LogP contribution in [-0.4, -0.2) is 55.8 Å². The number of amides is 1. The second-order valence-electron chi connectivity index (χ2n) is 7.21. The van der Waals surface area contributed by atoms with Crippen molar-refractivity contribution in [2.24, 2.45) is 0 Å². The minimum Gasteiger partial charge on any atom is -0.482 e. The molecule has 1 saturated heterocycles. The molecule has 1 heterocycles. The molecule has 0 spiro atoms. The predicted octanol–water partition coefficient (Wildman–Crippen LogP) is 2.74. The number of carbonyl (C=O) groups excluding carboxylic acids is 1. The molecular formula is C20H26ClN3O3. The smallest absolute Gasteiger partial charge is 0.258 e. The van der Waals surface area contributed by atoms with Crippen LogP contribution < -0.4 is 10.1 Å². The molecule has 2 aliphatic rings. The summed E-state index contributed by atoms with van der Waals surface area (Å²) in [5, 5.41) is 12.3. The van der Waals surface area contributed by atoms with Crippen LogP contribution in [0.5, 0.6) is 5.75 Å². The van der Waals surface area contributed by atoms with Crippen LogP contribution in [0.1, 0.15) is 37.7 Å².